The molecule has 12 heteroatoms. The minimum absolute atomic E-state index is 0.0463. The van der Waals surface area contributed by atoms with Gasteiger partial charge in [0.1, 0.15) is 5.82 Å². The number of pyridine rings is 1. The third kappa shape index (κ3) is 4.98. The molecule has 194 valence electrons. The number of aromatic nitrogens is 1. The summed E-state index contributed by atoms with van der Waals surface area (Å²) >= 11 is 0. The Bertz CT molecular complexity index is 1460. The van der Waals surface area contributed by atoms with Gasteiger partial charge in [-0.3, -0.25) is 19.9 Å². The summed E-state index contributed by atoms with van der Waals surface area (Å²) in [6.45, 7) is 2.45. The number of carbonyl (C=O) groups is 1. The maximum Gasteiger partial charge on any atom is 0.270 e. The molecule has 2 saturated heterocycles. The molecule has 1 amide bonds. The van der Waals surface area contributed by atoms with Gasteiger partial charge >= 0.3 is 0 Å². The first-order chi connectivity index (χ1) is 17.7. The van der Waals surface area contributed by atoms with Gasteiger partial charge in [0.25, 0.3) is 5.69 Å². The van der Waals surface area contributed by atoms with Crippen LogP contribution in [-0.2, 0) is 14.8 Å². The fourth-order valence-corrected chi connectivity index (χ4v) is 6.64. The molecule has 37 heavy (non-hydrogen) atoms. The van der Waals surface area contributed by atoms with Crippen molar-refractivity contribution in [2.75, 3.05) is 44.2 Å². The number of anilines is 1. The molecule has 1 unspecified atom stereocenters. The van der Waals surface area contributed by atoms with Gasteiger partial charge < -0.3 is 9.80 Å². The van der Waals surface area contributed by atoms with Crippen molar-refractivity contribution in [2.24, 2.45) is 5.92 Å². The lowest BCUT2D eigenvalue weighted by atomic mass is 9.97. The molecular formula is C25H26FN5O5S. The van der Waals surface area contributed by atoms with E-state index < -0.39 is 20.9 Å². The Balaban J connectivity index is 1.25. The van der Waals surface area contributed by atoms with Crippen molar-refractivity contribution < 1.29 is 22.5 Å². The number of nitro groups is 1. The lowest BCUT2D eigenvalue weighted by molar-refractivity contribution is -0.385. The number of non-ortho nitro benzene ring substituents is 1. The first-order valence-electron chi connectivity index (χ1n) is 12.1. The number of piperazine rings is 1. The van der Waals surface area contributed by atoms with Crippen LogP contribution >= 0.6 is 0 Å². The molecule has 0 spiro atoms. The number of nitro benzene ring substituents is 1. The highest BCUT2D eigenvalue weighted by Crippen LogP contribution is 2.29. The number of benzene rings is 2. The van der Waals surface area contributed by atoms with Crippen LogP contribution in [0.2, 0.25) is 0 Å². The van der Waals surface area contributed by atoms with Crippen LogP contribution in [0.3, 0.4) is 0 Å². The minimum Gasteiger partial charge on any atom is -0.367 e. The molecule has 10 nitrogen and oxygen atoms in total. The van der Waals surface area contributed by atoms with Crippen LogP contribution < -0.4 is 4.90 Å². The number of amides is 1. The van der Waals surface area contributed by atoms with Crippen LogP contribution in [0.4, 0.5) is 15.8 Å². The molecule has 3 heterocycles. The smallest absolute Gasteiger partial charge is 0.270 e. The van der Waals surface area contributed by atoms with Gasteiger partial charge in [-0.1, -0.05) is 6.07 Å². The average Bonchev–Trinajstić information content (AvgIpc) is 2.92. The van der Waals surface area contributed by atoms with Crippen LogP contribution in [0.5, 0.6) is 0 Å². The molecule has 2 aliphatic heterocycles. The van der Waals surface area contributed by atoms with E-state index in [1.807, 2.05) is 6.07 Å². The zero-order valence-electron chi connectivity index (χ0n) is 20.0. The van der Waals surface area contributed by atoms with Crippen molar-refractivity contribution in [1.29, 1.82) is 0 Å². The van der Waals surface area contributed by atoms with Crippen LogP contribution in [0.25, 0.3) is 10.9 Å². The molecule has 2 aliphatic rings. The Hall–Kier alpha value is -3.64. The van der Waals surface area contributed by atoms with E-state index in [9.17, 15) is 27.7 Å². The largest absolute Gasteiger partial charge is 0.367 e. The van der Waals surface area contributed by atoms with Gasteiger partial charge in [0.2, 0.25) is 15.9 Å². The van der Waals surface area contributed by atoms with Crippen LogP contribution in [0, 0.1) is 21.8 Å². The zero-order chi connectivity index (χ0) is 26.2. The van der Waals surface area contributed by atoms with Crippen molar-refractivity contribution in [2.45, 2.75) is 17.7 Å². The third-order valence-corrected chi connectivity index (χ3v) is 8.87. The number of fused-ring (bicyclic) bond motifs is 1. The van der Waals surface area contributed by atoms with E-state index in [1.54, 1.807) is 17.2 Å². The highest BCUT2D eigenvalue weighted by Gasteiger charge is 2.36. The maximum atomic E-state index is 13.6. The van der Waals surface area contributed by atoms with E-state index in [0.717, 1.165) is 17.1 Å². The fraction of sp³-hybridized carbons (Fsp3) is 0.360. The molecule has 1 aromatic heterocycles. The number of halogens is 1. The van der Waals surface area contributed by atoms with Crippen molar-refractivity contribution in [3.05, 3.63) is 70.7 Å². The molecule has 2 fully saturated rings. The van der Waals surface area contributed by atoms with Crippen molar-refractivity contribution in [3.8, 4) is 0 Å². The molecule has 5 rings (SSSR count). The van der Waals surface area contributed by atoms with Crippen LogP contribution in [0.15, 0.2) is 59.6 Å². The van der Waals surface area contributed by atoms with Gasteiger partial charge in [0.05, 0.1) is 21.3 Å². The summed E-state index contributed by atoms with van der Waals surface area (Å²) < 4.78 is 41.2. The molecule has 2 aromatic carbocycles. The second-order valence-corrected chi connectivity index (χ2v) is 11.2. The Morgan fingerprint density at radius 2 is 1.84 bits per heavy atom. The summed E-state index contributed by atoms with van der Waals surface area (Å²) in [6.07, 6.45) is 2.76. The maximum absolute atomic E-state index is 13.6. The highest BCUT2D eigenvalue weighted by molar-refractivity contribution is 7.89. The van der Waals surface area contributed by atoms with E-state index in [1.165, 1.54) is 34.6 Å². The van der Waals surface area contributed by atoms with Gasteiger partial charge in [0, 0.05) is 74.7 Å². The Morgan fingerprint density at radius 1 is 1.05 bits per heavy atom. The SMILES string of the molecule is O=C(C1CCCN(S(=O)(=O)c2cccc([N+](=O)[O-])c2)C1)N1CCN(c2ccnc3cc(F)ccc23)CC1. The fourth-order valence-electron chi connectivity index (χ4n) is 5.08. The van der Waals surface area contributed by atoms with Gasteiger partial charge in [-0.15, -0.1) is 0 Å². The molecule has 0 saturated carbocycles. The molecule has 3 aromatic rings. The lowest BCUT2D eigenvalue weighted by Crippen LogP contribution is -2.53. The predicted octanol–water partition coefficient (Wildman–Crippen LogP) is 3.03. The number of hydrogen-bond acceptors (Lipinski definition) is 7. The monoisotopic (exact) mass is 527 g/mol. The van der Waals surface area contributed by atoms with Crippen molar-refractivity contribution in [3.63, 3.8) is 0 Å². The zero-order valence-corrected chi connectivity index (χ0v) is 20.8. The molecule has 1 atom stereocenters. The number of piperidine rings is 1. The van der Waals surface area contributed by atoms with E-state index in [2.05, 4.69) is 9.88 Å². The van der Waals surface area contributed by atoms with Crippen molar-refractivity contribution in [1.82, 2.24) is 14.2 Å². The number of carbonyl (C=O) groups excluding carboxylic acids is 1. The minimum atomic E-state index is -3.97. The van der Waals surface area contributed by atoms with E-state index in [-0.39, 0.29) is 35.4 Å². The Labute approximate surface area is 213 Å². The van der Waals surface area contributed by atoms with Crippen LogP contribution in [-0.4, -0.2) is 72.7 Å². The Kier molecular flexibility index (Phi) is 6.78. The van der Waals surface area contributed by atoms with E-state index in [4.69, 9.17) is 0 Å². The van der Waals surface area contributed by atoms with Crippen molar-refractivity contribution >= 4 is 38.2 Å². The topological polar surface area (TPSA) is 117 Å². The standard InChI is InChI=1S/C25H26FN5O5S/c26-19-6-7-22-23(15-19)27-9-8-24(22)28-11-13-29(14-12-28)25(32)18-3-2-10-30(17-18)37(35,36)21-5-1-4-20(16-21)31(33)34/h1,4-9,15-16,18H,2-3,10-14,17H2. The summed E-state index contributed by atoms with van der Waals surface area (Å²) in [6, 6.07) is 11.4. The summed E-state index contributed by atoms with van der Waals surface area (Å²) in [5.41, 5.74) is 1.21. The summed E-state index contributed by atoms with van der Waals surface area (Å²) in [5, 5.41) is 11.9. The van der Waals surface area contributed by atoms with Crippen LogP contribution in [0.1, 0.15) is 12.8 Å². The number of nitrogens with zero attached hydrogens (tertiary/aromatic N) is 5. The van der Waals surface area contributed by atoms with Gasteiger partial charge in [0.15, 0.2) is 0 Å². The first kappa shape index (κ1) is 25.0. The normalized spacial score (nSPS) is 19.2. The van der Waals surface area contributed by atoms with E-state index in [0.29, 0.717) is 44.5 Å². The molecule has 0 N–H and O–H groups in total. The van der Waals surface area contributed by atoms with Gasteiger partial charge in [-0.05, 0) is 37.1 Å². The third-order valence-electron chi connectivity index (χ3n) is 7.01. The summed E-state index contributed by atoms with van der Waals surface area (Å²) in [7, 11) is -3.97. The number of hydrogen-bond donors (Lipinski definition) is 0. The predicted molar refractivity (Wildman–Crippen MR) is 135 cm³/mol. The van der Waals surface area contributed by atoms with E-state index >= 15 is 0 Å². The molecule has 0 aliphatic carbocycles. The summed E-state index contributed by atoms with van der Waals surface area (Å²) in [4.78, 5) is 31.8. The highest BCUT2D eigenvalue weighted by atomic mass is 32.2. The molecule has 0 bridgehead atoms. The lowest BCUT2D eigenvalue weighted by Gasteiger charge is -2.39. The van der Waals surface area contributed by atoms with Gasteiger partial charge in [-0.2, -0.15) is 4.31 Å². The van der Waals surface area contributed by atoms with Gasteiger partial charge in [-0.25, -0.2) is 12.8 Å². The second-order valence-electron chi connectivity index (χ2n) is 9.26. The molecule has 0 radical (unpaired) electrons. The quantitative estimate of drug-likeness (QED) is 0.370. The molecular weight excluding hydrogens is 501 g/mol. The first-order valence-corrected chi connectivity index (χ1v) is 13.5. The summed E-state index contributed by atoms with van der Waals surface area (Å²) in [5.74, 6) is -0.902. The average molecular weight is 528 g/mol. The number of sulfonamides is 1. The number of rotatable bonds is 5. The Morgan fingerprint density at radius 3 is 2.59 bits per heavy atom. The second kappa shape index (κ2) is 10.0.